The lowest BCUT2D eigenvalue weighted by Gasteiger charge is -1.91. The summed E-state index contributed by atoms with van der Waals surface area (Å²) in [6, 6.07) is 9.97. The summed E-state index contributed by atoms with van der Waals surface area (Å²) >= 11 is 0. The van der Waals surface area contributed by atoms with Gasteiger partial charge >= 0.3 is 0 Å². The highest BCUT2D eigenvalue weighted by Gasteiger charge is 1.82. The lowest BCUT2D eigenvalue weighted by atomic mass is 10.2. The monoisotopic (exact) mass is 236 g/mol. The van der Waals surface area contributed by atoms with E-state index in [0.717, 1.165) is 12.0 Å². The molecule has 0 nitrogen and oxygen atoms in total. The van der Waals surface area contributed by atoms with E-state index in [9.17, 15) is 0 Å². The number of hydrogen-bond donors (Lipinski definition) is 0. The Morgan fingerprint density at radius 3 is 2.50 bits per heavy atom. The average molecular weight is 236 g/mol. The van der Waals surface area contributed by atoms with E-state index in [1.54, 1.807) is 0 Å². The van der Waals surface area contributed by atoms with Crippen molar-refractivity contribution in [1.82, 2.24) is 0 Å². The normalized spacial score (nSPS) is 9.39. The Morgan fingerprint density at radius 1 is 0.944 bits per heavy atom. The predicted molar refractivity (Wildman–Crippen MR) is 79.0 cm³/mol. The molecular weight excluding hydrogens is 216 g/mol. The molecule has 0 N–H and O–H groups in total. The molecule has 0 amide bonds. The van der Waals surface area contributed by atoms with Crippen LogP contribution in [0.3, 0.4) is 0 Å². The first kappa shape index (κ1) is 14.1. The highest BCUT2D eigenvalue weighted by Crippen LogP contribution is 2.00. The molecule has 18 heavy (non-hydrogen) atoms. The van der Waals surface area contributed by atoms with E-state index in [0.29, 0.717) is 0 Å². The summed E-state index contributed by atoms with van der Waals surface area (Å²) < 4.78 is 0. The average Bonchev–Trinajstić information content (AvgIpc) is 2.42. The fraction of sp³-hybridized carbons (Fsp3) is 0.333. The van der Waals surface area contributed by atoms with Gasteiger partial charge in [0.1, 0.15) is 0 Å². The van der Waals surface area contributed by atoms with E-state index >= 15 is 0 Å². The van der Waals surface area contributed by atoms with Crippen molar-refractivity contribution >= 4 is 0 Å². The third-order valence-corrected chi connectivity index (χ3v) is 2.50. The first-order valence-corrected chi connectivity index (χ1v) is 6.63. The van der Waals surface area contributed by atoms with Gasteiger partial charge in [-0.15, -0.1) is 0 Å². The second-order valence-corrected chi connectivity index (χ2v) is 4.10. The Bertz CT molecular complexity index is 457. The smallest absolute Gasteiger partial charge is 0.0248 e. The van der Waals surface area contributed by atoms with Gasteiger partial charge in [0.05, 0.1) is 0 Å². The standard InChI is InChI=1S/C18H20/c1-2-3-4-5-6-7-8-9-10-12-15-18-16-13-11-14-17-18/h9-11,13-14,16-17H,2-6H2,1H3/b10-9+. The fourth-order valence-corrected chi connectivity index (χ4v) is 1.50. The zero-order valence-corrected chi connectivity index (χ0v) is 11.1. The minimum absolute atomic E-state index is 0.996. The number of rotatable bonds is 4. The maximum absolute atomic E-state index is 3.14. The molecule has 0 heteroatoms. The van der Waals surface area contributed by atoms with E-state index in [1.807, 2.05) is 42.5 Å². The molecule has 0 bridgehead atoms. The molecule has 0 radical (unpaired) electrons. The van der Waals surface area contributed by atoms with Crippen molar-refractivity contribution in [2.75, 3.05) is 0 Å². The van der Waals surface area contributed by atoms with Gasteiger partial charge in [0.2, 0.25) is 0 Å². The molecular formula is C18H20. The molecule has 1 aromatic rings. The van der Waals surface area contributed by atoms with Crippen LogP contribution in [0.4, 0.5) is 0 Å². The molecule has 0 fully saturated rings. The predicted octanol–water partition coefficient (Wildman–Crippen LogP) is 4.57. The van der Waals surface area contributed by atoms with Gasteiger partial charge in [-0.05, 0) is 30.7 Å². The van der Waals surface area contributed by atoms with E-state index < -0.39 is 0 Å². The van der Waals surface area contributed by atoms with E-state index in [4.69, 9.17) is 0 Å². The molecule has 0 aliphatic carbocycles. The van der Waals surface area contributed by atoms with Gasteiger partial charge in [-0.3, -0.25) is 0 Å². The molecule has 0 atom stereocenters. The Hall–Kier alpha value is -1.92. The van der Waals surface area contributed by atoms with Crippen molar-refractivity contribution in [2.24, 2.45) is 0 Å². The largest absolute Gasteiger partial charge is 0.0985 e. The number of hydrogen-bond acceptors (Lipinski definition) is 0. The van der Waals surface area contributed by atoms with Gasteiger partial charge in [0.15, 0.2) is 0 Å². The van der Waals surface area contributed by atoms with Crippen LogP contribution >= 0.6 is 0 Å². The molecule has 0 saturated carbocycles. The second kappa shape index (κ2) is 10.2. The summed E-state index contributed by atoms with van der Waals surface area (Å²) in [4.78, 5) is 0. The van der Waals surface area contributed by atoms with E-state index in [1.165, 1.54) is 25.7 Å². The molecule has 0 aromatic heterocycles. The number of benzene rings is 1. The lowest BCUT2D eigenvalue weighted by Crippen LogP contribution is -1.73. The van der Waals surface area contributed by atoms with Crippen LogP contribution in [-0.4, -0.2) is 0 Å². The van der Waals surface area contributed by atoms with Gasteiger partial charge in [-0.2, -0.15) is 0 Å². The number of allylic oxidation sites excluding steroid dienone is 2. The van der Waals surface area contributed by atoms with Crippen LogP contribution in [0.2, 0.25) is 0 Å². The maximum Gasteiger partial charge on any atom is 0.0248 e. The third-order valence-electron chi connectivity index (χ3n) is 2.50. The van der Waals surface area contributed by atoms with E-state index in [2.05, 4.69) is 30.6 Å². The zero-order chi connectivity index (χ0) is 12.9. The lowest BCUT2D eigenvalue weighted by molar-refractivity contribution is 0.679. The first-order chi connectivity index (χ1) is 8.93. The second-order valence-electron chi connectivity index (χ2n) is 4.10. The van der Waals surface area contributed by atoms with Crippen molar-refractivity contribution in [3.63, 3.8) is 0 Å². The summed E-state index contributed by atoms with van der Waals surface area (Å²) in [7, 11) is 0. The van der Waals surface area contributed by atoms with Gasteiger partial charge in [0.25, 0.3) is 0 Å². The Balaban J connectivity index is 2.22. The van der Waals surface area contributed by atoms with Crippen molar-refractivity contribution in [1.29, 1.82) is 0 Å². The Labute approximate surface area is 111 Å². The quantitative estimate of drug-likeness (QED) is 0.530. The molecule has 0 spiro atoms. The van der Waals surface area contributed by atoms with Crippen LogP contribution in [0.5, 0.6) is 0 Å². The third kappa shape index (κ3) is 7.37. The molecule has 0 heterocycles. The van der Waals surface area contributed by atoms with Crippen LogP contribution in [0.25, 0.3) is 0 Å². The molecule has 0 aliphatic heterocycles. The van der Waals surface area contributed by atoms with Crippen LogP contribution < -0.4 is 0 Å². The van der Waals surface area contributed by atoms with Crippen molar-refractivity contribution in [3.05, 3.63) is 48.0 Å². The van der Waals surface area contributed by atoms with Crippen molar-refractivity contribution in [3.8, 4) is 23.7 Å². The van der Waals surface area contributed by atoms with Crippen molar-refractivity contribution < 1.29 is 0 Å². The molecule has 0 aliphatic rings. The van der Waals surface area contributed by atoms with Crippen LogP contribution in [0.1, 0.15) is 44.6 Å². The summed E-state index contributed by atoms with van der Waals surface area (Å²) in [5.41, 5.74) is 1.04. The SMILES string of the molecule is CCCCCCC#C/C=C/C#Cc1ccccc1. The molecule has 0 saturated heterocycles. The van der Waals surface area contributed by atoms with Gasteiger partial charge < -0.3 is 0 Å². The van der Waals surface area contributed by atoms with Gasteiger partial charge in [0, 0.05) is 12.0 Å². The number of unbranched alkanes of at least 4 members (excludes halogenated alkanes) is 4. The fourth-order valence-electron chi connectivity index (χ4n) is 1.50. The molecule has 92 valence electrons. The summed E-state index contributed by atoms with van der Waals surface area (Å²) in [5, 5.41) is 0. The minimum Gasteiger partial charge on any atom is -0.0985 e. The highest BCUT2D eigenvalue weighted by atomic mass is 13.9. The summed E-state index contributed by atoms with van der Waals surface area (Å²) in [6.07, 6.45) is 9.74. The van der Waals surface area contributed by atoms with Crippen molar-refractivity contribution in [2.45, 2.75) is 39.0 Å². The summed E-state index contributed by atoms with van der Waals surface area (Å²) in [6.45, 7) is 2.22. The first-order valence-electron chi connectivity index (χ1n) is 6.63. The van der Waals surface area contributed by atoms with Gasteiger partial charge in [-0.25, -0.2) is 0 Å². The van der Waals surface area contributed by atoms with Crippen LogP contribution in [0.15, 0.2) is 42.5 Å². The van der Waals surface area contributed by atoms with E-state index in [-0.39, 0.29) is 0 Å². The Morgan fingerprint density at radius 2 is 1.72 bits per heavy atom. The summed E-state index contributed by atoms with van der Waals surface area (Å²) in [5.74, 6) is 12.2. The highest BCUT2D eigenvalue weighted by molar-refractivity contribution is 5.37. The topological polar surface area (TPSA) is 0 Å². The maximum atomic E-state index is 3.14. The van der Waals surface area contributed by atoms with Crippen LogP contribution in [0, 0.1) is 23.7 Å². The minimum atomic E-state index is 0.996. The molecule has 1 rings (SSSR count). The molecule has 1 aromatic carbocycles. The van der Waals surface area contributed by atoms with Crippen LogP contribution in [-0.2, 0) is 0 Å². The van der Waals surface area contributed by atoms with Gasteiger partial charge in [-0.1, -0.05) is 68.1 Å². The Kier molecular flexibility index (Phi) is 8.05. The molecule has 0 unspecified atom stereocenters. The zero-order valence-electron chi connectivity index (χ0n) is 11.1.